The molecular formula is C26H39NO6. The van der Waals surface area contributed by atoms with Crippen molar-refractivity contribution in [2.24, 2.45) is 4.99 Å². The van der Waals surface area contributed by atoms with Crippen LogP contribution in [-0.2, 0) is 19.0 Å². The van der Waals surface area contributed by atoms with E-state index in [1.165, 1.54) is 0 Å². The molecule has 0 aliphatic rings. The molecule has 7 nitrogen and oxygen atoms in total. The maximum absolute atomic E-state index is 12.2. The molecule has 0 saturated carbocycles. The van der Waals surface area contributed by atoms with Crippen molar-refractivity contribution < 1.29 is 28.6 Å². The molecule has 184 valence electrons. The van der Waals surface area contributed by atoms with E-state index in [-0.39, 0.29) is 12.4 Å². The van der Waals surface area contributed by atoms with Gasteiger partial charge in [0.1, 0.15) is 11.2 Å². The molecule has 0 saturated heterocycles. The van der Waals surface area contributed by atoms with Crippen LogP contribution in [-0.4, -0.2) is 41.6 Å². The standard InChI is InChI=1S/C26H39NO6/c1-25(2,3)32-22(28)19-21(27-24(30)33-26(4,5)6)17-13-8-7-9-14-18-31-23(29)20-15-11-10-12-16-20/h10-12,15-16H,7-9,13-14,17-19H2,1-6H3. The number of rotatable bonds is 11. The van der Waals surface area contributed by atoms with Crippen LogP contribution in [0.15, 0.2) is 35.3 Å². The summed E-state index contributed by atoms with van der Waals surface area (Å²) in [6.45, 7) is 11.1. The molecule has 0 atom stereocenters. The van der Waals surface area contributed by atoms with Crippen LogP contribution in [0.3, 0.4) is 0 Å². The minimum absolute atomic E-state index is 0.0358. The zero-order chi connectivity index (χ0) is 24.9. The molecule has 1 aromatic rings. The van der Waals surface area contributed by atoms with Gasteiger partial charge in [-0.1, -0.05) is 37.5 Å². The molecule has 1 amide bonds. The summed E-state index contributed by atoms with van der Waals surface area (Å²) in [7, 11) is 0. The van der Waals surface area contributed by atoms with E-state index in [0.29, 0.717) is 24.3 Å². The molecule has 0 N–H and O–H groups in total. The molecule has 0 heterocycles. The van der Waals surface area contributed by atoms with Crippen LogP contribution in [0, 0.1) is 0 Å². The zero-order valence-corrected chi connectivity index (χ0v) is 20.9. The Morgan fingerprint density at radius 2 is 1.36 bits per heavy atom. The number of hydrogen-bond donors (Lipinski definition) is 0. The molecule has 1 aromatic carbocycles. The van der Waals surface area contributed by atoms with Gasteiger partial charge in [0.15, 0.2) is 0 Å². The molecular weight excluding hydrogens is 422 g/mol. The number of aliphatic imine (C=N–C) groups is 1. The van der Waals surface area contributed by atoms with Gasteiger partial charge in [0, 0.05) is 5.71 Å². The minimum Gasteiger partial charge on any atom is -0.462 e. The molecule has 0 aliphatic carbocycles. The third-order valence-electron chi connectivity index (χ3n) is 4.26. The fourth-order valence-corrected chi connectivity index (χ4v) is 2.93. The van der Waals surface area contributed by atoms with Crippen LogP contribution in [0.25, 0.3) is 0 Å². The molecule has 0 radical (unpaired) electrons. The summed E-state index contributed by atoms with van der Waals surface area (Å²) in [6.07, 6.45) is 4.15. The second-order valence-corrected chi connectivity index (χ2v) is 9.94. The zero-order valence-electron chi connectivity index (χ0n) is 20.9. The van der Waals surface area contributed by atoms with Gasteiger partial charge < -0.3 is 14.2 Å². The predicted octanol–water partition coefficient (Wildman–Crippen LogP) is 6.29. The quantitative estimate of drug-likeness (QED) is 0.166. The first-order valence-corrected chi connectivity index (χ1v) is 11.6. The van der Waals surface area contributed by atoms with Crippen molar-refractivity contribution in [3.63, 3.8) is 0 Å². The number of amides is 1. The summed E-state index contributed by atoms with van der Waals surface area (Å²) >= 11 is 0. The molecule has 7 heteroatoms. The van der Waals surface area contributed by atoms with Crippen LogP contribution in [0.5, 0.6) is 0 Å². The molecule has 0 bridgehead atoms. The van der Waals surface area contributed by atoms with Gasteiger partial charge in [0.05, 0.1) is 18.6 Å². The van der Waals surface area contributed by atoms with Crippen molar-refractivity contribution >= 4 is 23.7 Å². The van der Waals surface area contributed by atoms with E-state index in [4.69, 9.17) is 14.2 Å². The summed E-state index contributed by atoms with van der Waals surface area (Å²) in [5.74, 6) is -0.717. The van der Waals surface area contributed by atoms with Gasteiger partial charge in [-0.3, -0.25) is 4.79 Å². The van der Waals surface area contributed by atoms with Crippen LogP contribution >= 0.6 is 0 Å². The van der Waals surface area contributed by atoms with Crippen molar-refractivity contribution in [1.82, 2.24) is 0 Å². The Morgan fingerprint density at radius 1 is 0.788 bits per heavy atom. The third-order valence-corrected chi connectivity index (χ3v) is 4.26. The van der Waals surface area contributed by atoms with E-state index in [0.717, 1.165) is 32.1 Å². The first kappa shape index (κ1) is 28.3. The molecule has 0 fully saturated rings. The van der Waals surface area contributed by atoms with Crippen molar-refractivity contribution in [3.8, 4) is 0 Å². The van der Waals surface area contributed by atoms with E-state index in [9.17, 15) is 14.4 Å². The highest BCUT2D eigenvalue weighted by molar-refractivity contribution is 6.03. The summed E-state index contributed by atoms with van der Waals surface area (Å²) in [5, 5.41) is 0. The van der Waals surface area contributed by atoms with E-state index in [1.807, 2.05) is 6.07 Å². The normalized spacial score (nSPS) is 12.2. The molecule has 1 rings (SSSR count). The van der Waals surface area contributed by atoms with Gasteiger partial charge in [0.2, 0.25) is 0 Å². The highest BCUT2D eigenvalue weighted by Gasteiger charge is 2.20. The van der Waals surface area contributed by atoms with E-state index < -0.39 is 23.3 Å². The number of carbonyl (C=O) groups excluding carboxylic acids is 3. The summed E-state index contributed by atoms with van der Waals surface area (Å²) < 4.78 is 15.9. The van der Waals surface area contributed by atoms with E-state index in [2.05, 4.69) is 4.99 Å². The molecule has 33 heavy (non-hydrogen) atoms. The maximum atomic E-state index is 12.2. The monoisotopic (exact) mass is 461 g/mol. The topological polar surface area (TPSA) is 91.3 Å². The van der Waals surface area contributed by atoms with Crippen molar-refractivity contribution in [2.75, 3.05) is 6.61 Å². The average Bonchev–Trinajstić information content (AvgIpc) is 2.67. The van der Waals surface area contributed by atoms with Crippen molar-refractivity contribution in [2.45, 2.75) is 97.7 Å². The van der Waals surface area contributed by atoms with Crippen molar-refractivity contribution in [1.29, 1.82) is 0 Å². The summed E-state index contributed by atoms with van der Waals surface area (Å²) in [5.41, 5.74) is -0.228. The second-order valence-electron chi connectivity index (χ2n) is 9.94. The van der Waals surface area contributed by atoms with E-state index in [1.54, 1.807) is 65.8 Å². The number of ether oxygens (including phenoxy) is 3. The number of hydrogen-bond acceptors (Lipinski definition) is 6. The van der Waals surface area contributed by atoms with Gasteiger partial charge in [-0.15, -0.1) is 0 Å². The summed E-state index contributed by atoms with van der Waals surface area (Å²) in [6, 6.07) is 8.93. The van der Waals surface area contributed by atoms with Gasteiger partial charge in [0.25, 0.3) is 0 Å². The largest absolute Gasteiger partial charge is 0.462 e. The minimum atomic E-state index is -0.693. The SMILES string of the molecule is CC(C)(C)OC(=O)CC(CCCCCCCOC(=O)c1ccccc1)=NC(=O)OC(C)(C)C. The number of unbranched alkanes of at least 4 members (excludes halogenated alkanes) is 4. The molecule has 0 aromatic heterocycles. The Bertz CT molecular complexity index is 787. The van der Waals surface area contributed by atoms with Gasteiger partial charge >= 0.3 is 18.0 Å². The first-order chi connectivity index (χ1) is 15.4. The lowest BCUT2D eigenvalue weighted by molar-refractivity contribution is -0.153. The summed E-state index contributed by atoms with van der Waals surface area (Å²) in [4.78, 5) is 40.2. The van der Waals surface area contributed by atoms with E-state index >= 15 is 0 Å². The fraction of sp³-hybridized carbons (Fsp3) is 0.615. The first-order valence-electron chi connectivity index (χ1n) is 11.6. The Balaban J connectivity index is 2.39. The Kier molecular flexibility index (Phi) is 11.8. The van der Waals surface area contributed by atoms with Crippen LogP contribution in [0.1, 0.15) is 96.8 Å². The predicted molar refractivity (Wildman–Crippen MR) is 129 cm³/mol. The van der Waals surface area contributed by atoms with Crippen LogP contribution in [0.4, 0.5) is 4.79 Å². The molecule has 0 unspecified atom stereocenters. The second kappa shape index (κ2) is 13.8. The highest BCUT2D eigenvalue weighted by Crippen LogP contribution is 2.14. The van der Waals surface area contributed by atoms with Crippen LogP contribution in [0.2, 0.25) is 0 Å². The number of benzene rings is 1. The van der Waals surface area contributed by atoms with Crippen molar-refractivity contribution in [3.05, 3.63) is 35.9 Å². The average molecular weight is 462 g/mol. The fourth-order valence-electron chi connectivity index (χ4n) is 2.93. The number of carbonyl (C=O) groups is 3. The lowest BCUT2D eigenvalue weighted by Gasteiger charge is -2.20. The Hall–Kier alpha value is -2.70. The van der Waals surface area contributed by atoms with Gasteiger partial charge in [-0.25, -0.2) is 9.59 Å². The molecule has 0 aliphatic heterocycles. The Morgan fingerprint density at radius 3 is 1.97 bits per heavy atom. The highest BCUT2D eigenvalue weighted by atomic mass is 16.6. The van der Waals surface area contributed by atoms with Crippen LogP contribution < -0.4 is 0 Å². The number of nitrogens with zero attached hydrogens (tertiary/aromatic N) is 1. The maximum Gasteiger partial charge on any atom is 0.434 e. The smallest absolute Gasteiger partial charge is 0.434 e. The Labute approximate surface area is 197 Å². The lowest BCUT2D eigenvalue weighted by Crippen LogP contribution is -2.26. The van der Waals surface area contributed by atoms with Gasteiger partial charge in [-0.05, 0) is 72.9 Å². The number of esters is 2. The van der Waals surface area contributed by atoms with Gasteiger partial charge in [-0.2, -0.15) is 4.99 Å². The lowest BCUT2D eigenvalue weighted by atomic mass is 10.1. The third kappa shape index (κ3) is 14.9. The molecule has 0 spiro atoms.